The van der Waals surface area contributed by atoms with Crippen molar-refractivity contribution in [3.05, 3.63) is 84.9 Å². The van der Waals surface area contributed by atoms with Gasteiger partial charge in [0, 0.05) is 27.3 Å². The first-order valence-corrected chi connectivity index (χ1v) is 9.55. The lowest BCUT2D eigenvalue weighted by Gasteiger charge is -2.24. The Hall–Kier alpha value is -3.06. The maximum atomic E-state index is 2.46. The molecule has 27 heavy (non-hydrogen) atoms. The first-order valence-electron chi connectivity index (χ1n) is 9.55. The molecule has 0 saturated heterocycles. The van der Waals surface area contributed by atoms with Crippen LogP contribution in [0, 0.1) is 0 Å². The highest BCUT2D eigenvalue weighted by Crippen LogP contribution is 2.36. The van der Waals surface area contributed by atoms with Crippen LogP contribution in [0.1, 0.15) is 20.8 Å². The number of para-hydroxylation sites is 1. The van der Waals surface area contributed by atoms with Gasteiger partial charge in [-0.1, -0.05) is 60.7 Å². The molecular weight excluding hydrogens is 326 g/mol. The molecule has 0 aliphatic heterocycles. The third-order valence-electron chi connectivity index (χ3n) is 5.43. The van der Waals surface area contributed by atoms with Crippen molar-refractivity contribution in [1.82, 2.24) is 4.57 Å². The van der Waals surface area contributed by atoms with Gasteiger partial charge >= 0.3 is 0 Å². The summed E-state index contributed by atoms with van der Waals surface area (Å²) >= 11 is 0. The Labute approximate surface area is 159 Å². The lowest BCUT2D eigenvalue weighted by Crippen LogP contribution is -2.21. The number of rotatable bonds is 1. The average Bonchev–Trinajstić information content (AvgIpc) is 3.01. The van der Waals surface area contributed by atoms with E-state index in [4.69, 9.17) is 0 Å². The molecule has 0 aliphatic rings. The van der Waals surface area contributed by atoms with E-state index in [1.807, 2.05) is 0 Å². The Morgan fingerprint density at radius 2 is 1.19 bits per heavy atom. The summed E-state index contributed by atoms with van der Waals surface area (Å²) in [5, 5.41) is 5.22. The van der Waals surface area contributed by atoms with E-state index >= 15 is 0 Å². The summed E-state index contributed by atoms with van der Waals surface area (Å²) in [6.07, 6.45) is 0. The summed E-state index contributed by atoms with van der Waals surface area (Å²) in [6, 6.07) is 30.9. The third kappa shape index (κ3) is 2.54. The number of benzene rings is 4. The second-order valence-electron chi connectivity index (χ2n) is 8.32. The van der Waals surface area contributed by atoms with Gasteiger partial charge in [0.1, 0.15) is 0 Å². The molecule has 1 aromatic heterocycles. The summed E-state index contributed by atoms with van der Waals surface area (Å²) in [7, 11) is 0. The van der Waals surface area contributed by atoms with Crippen molar-refractivity contribution in [1.29, 1.82) is 0 Å². The molecule has 0 atom stereocenters. The Bertz CT molecular complexity index is 1300. The quantitative estimate of drug-likeness (QED) is 0.298. The minimum atomic E-state index is 0.0336. The van der Waals surface area contributed by atoms with E-state index in [0.29, 0.717) is 0 Å². The van der Waals surface area contributed by atoms with Crippen molar-refractivity contribution in [2.75, 3.05) is 0 Å². The van der Waals surface area contributed by atoms with Crippen LogP contribution in [0.25, 0.3) is 43.7 Å². The number of hydrogen-bond donors (Lipinski definition) is 0. The molecule has 132 valence electrons. The number of aromatic nitrogens is 1. The molecule has 0 fully saturated rings. The maximum Gasteiger partial charge on any atom is 0.0496 e. The van der Waals surface area contributed by atoms with Gasteiger partial charge < -0.3 is 4.57 Å². The molecule has 0 unspecified atom stereocenters. The molecule has 0 saturated carbocycles. The van der Waals surface area contributed by atoms with Gasteiger partial charge in [0.15, 0.2) is 0 Å². The normalized spacial score (nSPS) is 12.3. The van der Waals surface area contributed by atoms with Crippen molar-refractivity contribution < 1.29 is 0 Å². The van der Waals surface area contributed by atoms with Crippen LogP contribution in [-0.2, 0) is 5.54 Å². The Morgan fingerprint density at radius 1 is 0.556 bits per heavy atom. The Morgan fingerprint density at radius 3 is 2.00 bits per heavy atom. The highest BCUT2D eigenvalue weighted by Gasteiger charge is 2.20. The predicted molar refractivity (Wildman–Crippen MR) is 117 cm³/mol. The van der Waals surface area contributed by atoms with Gasteiger partial charge in [-0.15, -0.1) is 0 Å². The van der Waals surface area contributed by atoms with E-state index in [1.165, 1.54) is 43.7 Å². The Kier molecular flexibility index (Phi) is 3.42. The standard InChI is InChI=1S/C26H23N/c1-26(2,3)27-24-11-7-6-10-22(24)23-17-21(14-15-25(23)27)20-13-12-18-8-4-5-9-19(18)16-20/h4-17H,1-3H3. The van der Waals surface area contributed by atoms with Gasteiger partial charge in [-0.25, -0.2) is 0 Å². The molecule has 1 heterocycles. The number of hydrogen-bond acceptors (Lipinski definition) is 0. The van der Waals surface area contributed by atoms with Gasteiger partial charge in [-0.3, -0.25) is 0 Å². The second kappa shape index (κ2) is 5.72. The van der Waals surface area contributed by atoms with Crippen LogP contribution in [0.5, 0.6) is 0 Å². The molecule has 4 aromatic carbocycles. The van der Waals surface area contributed by atoms with Crippen LogP contribution in [0.15, 0.2) is 84.9 Å². The summed E-state index contributed by atoms with van der Waals surface area (Å²) < 4.78 is 2.46. The molecule has 0 spiro atoms. The molecule has 0 N–H and O–H groups in total. The van der Waals surface area contributed by atoms with Gasteiger partial charge in [0.2, 0.25) is 0 Å². The molecule has 0 aliphatic carbocycles. The van der Waals surface area contributed by atoms with Crippen molar-refractivity contribution >= 4 is 32.6 Å². The molecule has 1 heteroatoms. The third-order valence-corrected chi connectivity index (χ3v) is 5.43. The maximum absolute atomic E-state index is 2.46. The van der Waals surface area contributed by atoms with Crippen LogP contribution in [0.3, 0.4) is 0 Å². The monoisotopic (exact) mass is 349 g/mol. The predicted octanol–water partition coefficient (Wildman–Crippen LogP) is 7.37. The first kappa shape index (κ1) is 16.1. The SMILES string of the molecule is CC(C)(C)n1c2ccccc2c2cc(-c3ccc4ccccc4c3)ccc21. The van der Waals surface area contributed by atoms with Gasteiger partial charge in [-0.05, 0) is 66.9 Å². The minimum absolute atomic E-state index is 0.0336. The van der Waals surface area contributed by atoms with Crippen LogP contribution in [0.4, 0.5) is 0 Å². The average molecular weight is 349 g/mol. The smallest absolute Gasteiger partial charge is 0.0496 e. The van der Waals surface area contributed by atoms with Gasteiger partial charge in [-0.2, -0.15) is 0 Å². The van der Waals surface area contributed by atoms with E-state index in [0.717, 1.165) is 0 Å². The van der Waals surface area contributed by atoms with Crippen LogP contribution in [-0.4, -0.2) is 4.57 Å². The van der Waals surface area contributed by atoms with Crippen molar-refractivity contribution in [2.24, 2.45) is 0 Å². The highest BCUT2D eigenvalue weighted by atomic mass is 15.0. The molecule has 5 aromatic rings. The number of nitrogens with zero attached hydrogens (tertiary/aromatic N) is 1. The van der Waals surface area contributed by atoms with Crippen molar-refractivity contribution in [2.45, 2.75) is 26.3 Å². The topological polar surface area (TPSA) is 4.93 Å². The molecule has 0 bridgehead atoms. The van der Waals surface area contributed by atoms with Crippen molar-refractivity contribution in [3.63, 3.8) is 0 Å². The fourth-order valence-corrected chi connectivity index (χ4v) is 4.24. The molecule has 1 nitrogen and oxygen atoms in total. The van der Waals surface area contributed by atoms with Crippen LogP contribution in [0.2, 0.25) is 0 Å². The lowest BCUT2D eigenvalue weighted by molar-refractivity contribution is 0.423. The van der Waals surface area contributed by atoms with E-state index < -0.39 is 0 Å². The van der Waals surface area contributed by atoms with E-state index in [1.54, 1.807) is 0 Å². The van der Waals surface area contributed by atoms with Crippen LogP contribution >= 0.6 is 0 Å². The zero-order valence-electron chi connectivity index (χ0n) is 16.0. The number of fused-ring (bicyclic) bond motifs is 4. The first-order chi connectivity index (χ1) is 13.0. The van der Waals surface area contributed by atoms with Gasteiger partial charge in [0.05, 0.1) is 0 Å². The zero-order valence-corrected chi connectivity index (χ0v) is 16.0. The van der Waals surface area contributed by atoms with Gasteiger partial charge in [0.25, 0.3) is 0 Å². The van der Waals surface area contributed by atoms with E-state index in [2.05, 4.69) is 110 Å². The lowest BCUT2D eigenvalue weighted by atomic mass is 9.99. The summed E-state index contributed by atoms with van der Waals surface area (Å²) in [5.41, 5.74) is 5.17. The van der Waals surface area contributed by atoms with E-state index in [-0.39, 0.29) is 5.54 Å². The fourth-order valence-electron chi connectivity index (χ4n) is 4.24. The molecule has 5 rings (SSSR count). The highest BCUT2D eigenvalue weighted by molar-refractivity contribution is 6.09. The summed E-state index contributed by atoms with van der Waals surface area (Å²) in [4.78, 5) is 0. The summed E-state index contributed by atoms with van der Waals surface area (Å²) in [6.45, 7) is 6.82. The minimum Gasteiger partial charge on any atom is -0.335 e. The fraction of sp³-hybridized carbons (Fsp3) is 0.154. The molecule has 0 radical (unpaired) electrons. The van der Waals surface area contributed by atoms with Crippen LogP contribution < -0.4 is 0 Å². The molecular formula is C26H23N. The van der Waals surface area contributed by atoms with Crippen molar-refractivity contribution in [3.8, 4) is 11.1 Å². The van der Waals surface area contributed by atoms with E-state index in [9.17, 15) is 0 Å². The molecule has 0 amide bonds. The largest absolute Gasteiger partial charge is 0.335 e. The summed E-state index contributed by atoms with van der Waals surface area (Å²) in [5.74, 6) is 0. The zero-order chi connectivity index (χ0) is 18.6. The Balaban J connectivity index is 1.79. The second-order valence-corrected chi connectivity index (χ2v) is 8.32.